The normalized spacial score (nSPS) is 16.1. The summed E-state index contributed by atoms with van der Waals surface area (Å²) in [5.41, 5.74) is 2.24. The molecular formula is C22H28N2O3S. The number of rotatable bonds is 5. The molecule has 0 unspecified atom stereocenters. The lowest BCUT2D eigenvalue weighted by Crippen LogP contribution is -2.38. The maximum Gasteiger partial charge on any atom is 0.254 e. The molecule has 1 fully saturated rings. The van der Waals surface area contributed by atoms with Crippen LogP contribution in [-0.2, 0) is 16.6 Å². The minimum absolute atomic E-state index is 0.175. The summed E-state index contributed by atoms with van der Waals surface area (Å²) in [5, 5.41) is 0. The van der Waals surface area contributed by atoms with Crippen LogP contribution in [0.15, 0.2) is 53.4 Å². The molecule has 0 N–H and O–H groups in total. The van der Waals surface area contributed by atoms with Crippen molar-refractivity contribution in [2.24, 2.45) is 5.92 Å². The first kappa shape index (κ1) is 20.6. The lowest BCUT2D eigenvalue weighted by molar-refractivity contribution is 0.0784. The Bertz CT molecular complexity index is 934. The summed E-state index contributed by atoms with van der Waals surface area (Å²) < 4.78 is 27.6. The van der Waals surface area contributed by atoms with Gasteiger partial charge in [-0.2, -0.15) is 4.31 Å². The number of aryl methyl sites for hydroxylation is 1. The van der Waals surface area contributed by atoms with Crippen LogP contribution in [0.1, 0.15) is 41.3 Å². The van der Waals surface area contributed by atoms with E-state index in [9.17, 15) is 13.2 Å². The van der Waals surface area contributed by atoms with E-state index in [0.29, 0.717) is 31.1 Å². The maximum atomic E-state index is 13.0. The van der Waals surface area contributed by atoms with Crippen LogP contribution in [0.5, 0.6) is 0 Å². The van der Waals surface area contributed by atoms with Crippen LogP contribution in [0.2, 0.25) is 0 Å². The maximum absolute atomic E-state index is 13.0. The van der Waals surface area contributed by atoms with Gasteiger partial charge >= 0.3 is 0 Å². The molecule has 150 valence electrons. The van der Waals surface area contributed by atoms with E-state index in [4.69, 9.17) is 0 Å². The van der Waals surface area contributed by atoms with Gasteiger partial charge in [0.15, 0.2) is 0 Å². The third-order valence-corrected chi connectivity index (χ3v) is 7.32. The number of piperidine rings is 1. The average molecular weight is 401 g/mol. The van der Waals surface area contributed by atoms with Gasteiger partial charge in [0.2, 0.25) is 10.0 Å². The first-order valence-electron chi connectivity index (χ1n) is 9.69. The highest BCUT2D eigenvalue weighted by Crippen LogP contribution is 2.25. The van der Waals surface area contributed by atoms with Crippen molar-refractivity contribution in [2.45, 2.75) is 38.1 Å². The van der Waals surface area contributed by atoms with Gasteiger partial charge < -0.3 is 4.90 Å². The van der Waals surface area contributed by atoms with E-state index >= 15 is 0 Å². The van der Waals surface area contributed by atoms with Gasteiger partial charge in [0.05, 0.1) is 4.90 Å². The molecule has 1 aliphatic rings. The molecule has 1 aliphatic heterocycles. The average Bonchev–Trinajstić information content (AvgIpc) is 2.68. The van der Waals surface area contributed by atoms with Gasteiger partial charge in [0.25, 0.3) is 5.91 Å². The summed E-state index contributed by atoms with van der Waals surface area (Å²) in [4.78, 5) is 14.8. The molecule has 0 atom stereocenters. The van der Waals surface area contributed by atoms with Crippen molar-refractivity contribution in [3.63, 3.8) is 0 Å². The Labute approximate surface area is 168 Å². The van der Waals surface area contributed by atoms with Crippen molar-refractivity contribution >= 4 is 15.9 Å². The van der Waals surface area contributed by atoms with E-state index in [1.54, 1.807) is 28.4 Å². The van der Waals surface area contributed by atoms with E-state index in [0.717, 1.165) is 24.0 Å². The van der Waals surface area contributed by atoms with E-state index in [1.807, 2.05) is 37.3 Å². The van der Waals surface area contributed by atoms with Gasteiger partial charge in [0, 0.05) is 32.2 Å². The van der Waals surface area contributed by atoms with Gasteiger partial charge in [0.1, 0.15) is 0 Å². The molecule has 1 heterocycles. The molecule has 0 aromatic heterocycles. The zero-order chi connectivity index (χ0) is 20.3. The Hall–Kier alpha value is -2.18. The molecule has 0 spiro atoms. The van der Waals surface area contributed by atoms with Gasteiger partial charge in [-0.1, -0.05) is 43.3 Å². The number of nitrogens with zero attached hydrogens (tertiary/aromatic N) is 2. The van der Waals surface area contributed by atoms with Crippen LogP contribution in [0.25, 0.3) is 0 Å². The van der Waals surface area contributed by atoms with Crippen LogP contribution in [0.3, 0.4) is 0 Å². The molecule has 2 aromatic carbocycles. The lowest BCUT2D eigenvalue weighted by atomic mass is 10.0. The highest BCUT2D eigenvalue weighted by Gasteiger charge is 2.29. The Morgan fingerprint density at radius 3 is 2.39 bits per heavy atom. The van der Waals surface area contributed by atoms with E-state index < -0.39 is 10.0 Å². The molecule has 0 radical (unpaired) electrons. The standard InChI is InChI=1S/C22H28N2O3S/c1-17-11-13-24(14-12-17)28(26,27)20-10-9-18(2)21(15-20)22(25)23(3)16-19-7-5-4-6-8-19/h4-10,15,17H,11-14,16H2,1-3H3. The molecule has 28 heavy (non-hydrogen) atoms. The Balaban J connectivity index is 1.83. The van der Waals surface area contributed by atoms with Crippen molar-refractivity contribution in [3.8, 4) is 0 Å². The highest BCUT2D eigenvalue weighted by atomic mass is 32.2. The predicted molar refractivity (Wildman–Crippen MR) is 111 cm³/mol. The van der Waals surface area contributed by atoms with E-state index in [-0.39, 0.29) is 10.8 Å². The highest BCUT2D eigenvalue weighted by molar-refractivity contribution is 7.89. The second-order valence-electron chi connectivity index (χ2n) is 7.71. The summed E-state index contributed by atoms with van der Waals surface area (Å²) >= 11 is 0. The van der Waals surface area contributed by atoms with Gasteiger partial charge in [-0.3, -0.25) is 4.79 Å². The zero-order valence-corrected chi connectivity index (χ0v) is 17.6. The molecule has 2 aromatic rings. The van der Waals surface area contributed by atoms with Gasteiger partial charge in [-0.15, -0.1) is 0 Å². The molecule has 0 bridgehead atoms. The van der Waals surface area contributed by atoms with Crippen LogP contribution >= 0.6 is 0 Å². The molecule has 5 nitrogen and oxygen atoms in total. The quantitative estimate of drug-likeness (QED) is 0.769. The first-order valence-corrected chi connectivity index (χ1v) is 11.1. The molecular weight excluding hydrogens is 372 g/mol. The smallest absolute Gasteiger partial charge is 0.254 e. The minimum Gasteiger partial charge on any atom is -0.337 e. The topological polar surface area (TPSA) is 57.7 Å². The van der Waals surface area contributed by atoms with Crippen LogP contribution in [0.4, 0.5) is 0 Å². The number of carbonyl (C=O) groups excluding carboxylic acids is 1. The minimum atomic E-state index is -3.58. The fraction of sp³-hybridized carbons (Fsp3) is 0.409. The molecule has 1 saturated heterocycles. The molecule has 0 saturated carbocycles. The summed E-state index contributed by atoms with van der Waals surface area (Å²) in [6, 6.07) is 14.6. The predicted octanol–water partition coefficient (Wildman–Crippen LogP) is 3.69. The fourth-order valence-electron chi connectivity index (χ4n) is 3.50. The summed E-state index contributed by atoms with van der Waals surface area (Å²) in [5.74, 6) is 0.374. The number of hydrogen-bond acceptors (Lipinski definition) is 3. The van der Waals surface area contributed by atoms with Crippen LogP contribution in [-0.4, -0.2) is 43.7 Å². The number of benzene rings is 2. The lowest BCUT2D eigenvalue weighted by Gasteiger charge is -2.29. The summed E-state index contributed by atoms with van der Waals surface area (Å²) in [6.45, 7) is 5.53. The second-order valence-corrected chi connectivity index (χ2v) is 9.65. The van der Waals surface area contributed by atoms with Crippen LogP contribution in [0, 0.1) is 12.8 Å². The van der Waals surface area contributed by atoms with Crippen molar-refractivity contribution < 1.29 is 13.2 Å². The monoisotopic (exact) mass is 400 g/mol. The van der Waals surface area contributed by atoms with Crippen molar-refractivity contribution in [3.05, 3.63) is 65.2 Å². The zero-order valence-electron chi connectivity index (χ0n) is 16.8. The third-order valence-electron chi connectivity index (χ3n) is 5.43. The van der Waals surface area contributed by atoms with E-state index in [1.165, 1.54) is 6.07 Å². The van der Waals surface area contributed by atoms with Gasteiger partial charge in [-0.05, 0) is 48.9 Å². The third kappa shape index (κ3) is 4.45. The molecule has 3 rings (SSSR count). The number of carbonyl (C=O) groups is 1. The Kier molecular flexibility index (Phi) is 6.20. The summed E-state index contributed by atoms with van der Waals surface area (Å²) in [7, 11) is -1.84. The molecule has 1 amide bonds. The van der Waals surface area contributed by atoms with Crippen molar-refractivity contribution in [2.75, 3.05) is 20.1 Å². The number of hydrogen-bond donors (Lipinski definition) is 0. The molecule has 6 heteroatoms. The number of amides is 1. The Morgan fingerprint density at radius 2 is 1.75 bits per heavy atom. The van der Waals surface area contributed by atoms with Gasteiger partial charge in [-0.25, -0.2) is 8.42 Å². The largest absolute Gasteiger partial charge is 0.337 e. The van der Waals surface area contributed by atoms with Crippen LogP contribution < -0.4 is 0 Å². The SMILES string of the molecule is Cc1ccc(S(=O)(=O)N2CCC(C)CC2)cc1C(=O)N(C)Cc1ccccc1. The Morgan fingerprint density at radius 1 is 1.11 bits per heavy atom. The summed E-state index contributed by atoms with van der Waals surface area (Å²) in [6.07, 6.45) is 1.74. The first-order chi connectivity index (χ1) is 13.3. The van der Waals surface area contributed by atoms with E-state index in [2.05, 4.69) is 6.92 Å². The number of sulfonamides is 1. The second kappa shape index (κ2) is 8.45. The molecule has 0 aliphatic carbocycles. The fourth-order valence-corrected chi connectivity index (χ4v) is 5.00. The van der Waals surface area contributed by atoms with Crippen molar-refractivity contribution in [1.82, 2.24) is 9.21 Å². The van der Waals surface area contributed by atoms with Crippen molar-refractivity contribution in [1.29, 1.82) is 0 Å².